The van der Waals surface area contributed by atoms with Crippen LogP contribution in [0, 0.1) is 0 Å². The van der Waals surface area contributed by atoms with E-state index in [-0.39, 0.29) is 5.44 Å². The van der Waals surface area contributed by atoms with E-state index in [0.29, 0.717) is 0 Å². The van der Waals surface area contributed by atoms with Crippen molar-refractivity contribution in [1.82, 2.24) is 0 Å². The van der Waals surface area contributed by atoms with Crippen LogP contribution in [0.4, 0.5) is 0 Å². The molecule has 3 aliphatic rings. The third-order valence-corrected chi connectivity index (χ3v) is 6.86. The van der Waals surface area contributed by atoms with Gasteiger partial charge >= 0.3 is 17.9 Å². The van der Waals surface area contributed by atoms with Crippen molar-refractivity contribution in [2.75, 3.05) is 5.75 Å². The Morgan fingerprint density at radius 2 is 1.29 bits per heavy atom. The highest BCUT2D eigenvalue weighted by Crippen LogP contribution is 2.43. The molecule has 0 aromatic carbocycles. The molecular formula is C23H36O11S. The van der Waals surface area contributed by atoms with E-state index < -0.39 is 78.8 Å². The van der Waals surface area contributed by atoms with Gasteiger partial charge in [-0.1, -0.05) is 6.92 Å². The molecule has 35 heavy (non-hydrogen) atoms. The molecule has 0 aliphatic carbocycles. The predicted octanol–water partition coefficient (Wildman–Crippen LogP) is 1.93. The van der Waals surface area contributed by atoms with E-state index in [1.807, 2.05) is 27.7 Å². The van der Waals surface area contributed by atoms with Gasteiger partial charge < -0.3 is 37.9 Å². The van der Waals surface area contributed by atoms with Crippen molar-refractivity contribution in [3.05, 3.63) is 0 Å². The maximum Gasteiger partial charge on any atom is 0.303 e. The highest BCUT2D eigenvalue weighted by atomic mass is 32.2. The van der Waals surface area contributed by atoms with Gasteiger partial charge in [-0.05, 0) is 33.4 Å². The molecule has 11 nitrogen and oxygen atoms in total. The van der Waals surface area contributed by atoms with E-state index >= 15 is 0 Å². The summed E-state index contributed by atoms with van der Waals surface area (Å²) in [7, 11) is 0. The van der Waals surface area contributed by atoms with Crippen LogP contribution in [0.3, 0.4) is 0 Å². The van der Waals surface area contributed by atoms with E-state index in [0.717, 1.165) is 5.75 Å². The van der Waals surface area contributed by atoms with Crippen LogP contribution < -0.4 is 0 Å². The summed E-state index contributed by atoms with van der Waals surface area (Å²) in [6.07, 6.45) is -7.24. The first-order chi connectivity index (χ1) is 16.3. The molecule has 0 spiro atoms. The van der Waals surface area contributed by atoms with Gasteiger partial charge in [-0.3, -0.25) is 14.4 Å². The van der Waals surface area contributed by atoms with Gasteiger partial charge in [0.2, 0.25) is 0 Å². The first-order valence-electron chi connectivity index (χ1n) is 11.8. The van der Waals surface area contributed by atoms with Gasteiger partial charge in [0.15, 0.2) is 30.4 Å². The van der Waals surface area contributed by atoms with Crippen molar-refractivity contribution in [3.63, 3.8) is 0 Å². The summed E-state index contributed by atoms with van der Waals surface area (Å²) in [4.78, 5) is 35.6. The number of carbonyl (C=O) groups is 3. The minimum atomic E-state index is -1.21. The average molecular weight is 521 g/mol. The second-order valence-corrected chi connectivity index (χ2v) is 10.6. The monoisotopic (exact) mass is 520 g/mol. The van der Waals surface area contributed by atoms with Crippen molar-refractivity contribution in [3.8, 4) is 0 Å². The third-order valence-electron chi connectivity index (χ3n) is 5.82. The van der Waals surface area contributed by atoms with Crippen molar-refractivity contribution >= 4 is 29.7 Å². The average Bonchev–Trinajstić information content (AvgIpc) is 3.05. The summed E-state index contributed by atoms with van der Waals surface area (Å²) in [6.45, 7) is 12.8. The first kappa shape index (κ1) is 28.1. The summed E-state index contributed by atoms with van der Waals surface area (Å²) < 4.78 is 47.2. The molecule has 0 aromatic rings. The number of esters is 3. The van der Waals surface area contributed by atoms with E-state index in [4.69, 9.17) is 37.9 Å². The molecule has 0 amide bonds. The molecule has 12 heteroatoms. The van der Waals surface area contributed by atoms with Crippen molar-refractivity contribution in [2.45, 2.75) is 122 Å². The Hall–Kier alpha value is -1.44. The van der Waals surface area contributed by atoms with E-state index in [1.165, 1.54) is 20.8 Å². The number of ether oxygens (including phenoxy) is 8. The van der Waals surface area contributed by atoms with Gasteiger partial charge in [-0.25, -0.2) is 0 Å². The van der Waals surface area contributed by atoms with Gasteiger partial charge in [-0.2, -0.15) is 0 Å². The Balaban J connectivity index is 1.90. The van der Waals surface area contributed by atoms with Crippen LogP contribution in [0.15, 0.2) is 0 Å². The molecule has 10 unspecified atom stereocenters. The summed E-state index contributed by atoms with van der Waals surface area (Å²) in [6, 6.07) is 0. The van der Waals surface area contributed by atoms with Crippen molar-refractivity contribution in [2.24, 2.45) is 0 Å². The van der Waals surface area contributed by atoms with Gasteiger partial charge in [0.25, 0.3) is 0 Å². The van der Waals surface area contributed by atoms with Crippen LogP contribution in [0.5, 0.6) is 0 Å². The molecule has 3 heterocycles. The van der Waals surface area contributed by atoms with Crippen LogP contribution in [0.25, 0.3) is 0 Å². The zero-order valence-corrected chi connectivity index (χ0v) is 22.2. The van der Waals surface area contributed by atoms with Crippen LogP contribution in [0.1, 0.15) is 55.4 Å². The fourth-order valence-corrected chi connectivity index (χ4v) is 5.62. The largest absolute Gasteiger partial charge is 0.456 e. The lowest BCUT2D eigenvalue weighted by Crippen LogP contribution is -2.64. The van der Waals surface area contributed by atoms with E-state index in [2.05, 4.69) is 0 Å². The molecule has 3 rings (SSSR count). The number of carbonyl (C=O) groups excluding carboxylic acids is 3. The SMILES string of the molecule is CCSC1OC(C)C(OC2OC(C)C(OC(C)=O)C(OC(C)=O)C2OC(C)=O)C2OC(C)(C)OC12. The predicted molar refractivity (Wildman–Crippen MR) is 122 cm³/mol. The lowest BCUT2D eigenvalue weighted by atomic mass is 9.97. The fraction of sp³-hybridized carbons (Fsp3) is 0.870. The maximum absolute atomic E-state index is 12.0. The van der Waals surface area contributed by atoms with Gasteiger partial charge in [0.05, 0.1) is 12.2 Å². The van der Waals surface area contributed by atoms with E-state index in [1.54, 1.807) is 18.7 Å². The molecule has 3 saturated heterocycles. The van der Waals surface area contributed by atoms with Crippen molar-refractivity contribution < 1.29 is 52.3 Å². The van der Waals surface area contributed by atoms with Crippen LogP contribution in [-0.2, 0) is 52.3 Å². The summed E-state index contributed by atoms with van der Waals surface area (Å²) in [5.41, 5.74) is -0.251. The lowest BCUT2D eigenvalue weighted by Gasteiger charge is -2.47. The van der Waals surface area contributed by atoms with Gasteiger partial charge in [0, 0.05) is 20.8 Å². The summed E-state index contributed by atoms with van der Waals surface area (Å²) in [5, 5.41) is 0. The quantitative estimate of drug-likeness (QED) is 0.360. The molecule has 3 fully saturated rings. The fourth-order valence-electron chi connectivity index (χ4n) is 4.64. The smallest absolute Gasteiger partial charge is 0.303 e. The Kier molecular flexibility index (Phi) is 9.09. The molecule has 10 atom stereocenters. The van der Waals surface area contributed by atoms with Crippen LogP contribution in [-0.4, -0.2) is 90.0 Å². The number of rotatable bonds is 7. The number of thioether (sulfide) groups is 1. The molecule has 0 aromatic heterocycles. The minimum absolute atomic E-state index is 0.251. The van der Waals surface area contributed by atoms with Crippen LogP contribution >= 0.6 is 11.8 Å². The molecule has 0 N–H and O–H groups in total. The Bertz CT molecular complexity index is 789. The highest BCUT2D eigenvalue weighted by Gasteiger charge is 2.58. The highest BCUT2D eigenvalue weighted by molar-refractivity contribution is 7.99. The third kappa shape index (κ3) is 6.66. The topological polar surface area (TPSA) is 125 Å². The normalized spacial score (nSPS) is 40.5. The molecule has 0 saturated carbocycles. The molecular weight excluding hydrogens is 484 g/mol. The van der Waals surface area contributed by atoms with Crippen molar-refractivity contribution in [1.29, 1.82) is 0 Å². The molecule has 200 valence electrons. The number of hydrogen-bond donors (Lipinski definition) is 0. The Morgan fingerprint density at radius 1 is 0.771 bits per heavy atom. The zero-order chi connectivity index (χ0) is 26.1. The second-order valence-electron chi connectivity index (χ2n) is 9.26. The first-order valence-corrected chi connectivity index (χ1v) is 12.8. The zero-order valence-electron chi connectivity index (χ0n) is 21.4. The summed E-state index contributed by atoms with van der Waals surface area (Å²) >= 11 is 1.61. The van der Waals surface area contributed by atoms with Crippen LogP contribution in [0.2, 0.25) is 0 Å². The molecule has 0 radical (unpaired) electrons. The summed E-state index contributed by atoms with van der Waals surface area (Å²) in [5.74, 6) is -1.91. The Labute approximate surface area is 209 Å². The van der Waals surface area contributed by atoms with Gasteiger partial charge in [0.1, 0.15) is 23.7 Å². The number of hydrogen-bond acceptors (Lipinski definition) is 12. The minimum Gasteiger partial charge on any atom is -0.456 e. The lowest BCUT2D eigenvalue weighted by molar-refractivity contribution is -0.329. The maximum atomic E-state index is 12.0. The van der Waals surface area contributed by atoms with Gasteiger partial charge in [-0.15, -0.1) is 11.8 Å². The second kappa shape index (κ2) is 11.3. The number of fused-ring (bicyclic) bond motifs is 1. The standard InChI is InChI=1S/C23H36O11S/c1-9-35-22-20-18(33-23(7,8)34-20)16(11(3)28-22)32-21-19(31-14(6)26)17(30-13(5)25)15(10(2)27-21)29-12(4)24/h10-11,15-22H,9H2,1-8H3. The molecule has 0 bridgehead atoms. The molecule has 3 aliphatic heterocycles. The van der Waals surface area contributed by atoms with E-state index in [9.17, 15) is 14.4 Å². The Morgan fingerprint density at radius 3 is 1.86 bits per heavy atom.